The van der Waals surface area contributed by atoms with E-state index in [9.17, 15) is 15.2 Å². The Hall–Kier alpha value is -1.90. The summed E-state index contributed by atoms with van der Waals surface area (Å²) < 4.78 is 6.24. The van der Waals surface area contributed by atoms with E-state index in [0.717, 1.165) is 36.3 Å². The van der Waals surface area contributed by atoms with Gasteiger partial charge in [0.1, 0.15) is 5.60 Å². The van der Waals surface area contributed by atoms with Crippen molar-refractivity contribution in [2.24, 2.45) is 23.7 Å². The van der Waals surface area contributed by atoms with Gasteiger partial charge in [-0.3, -0.25) is 10.1 Å². The molecule has 1 saturated heterocycles. The number of nitrogens with one attached hydrogen (secondary N) is 1. The van der Waals surface area contributed by atoms with Crippen LogP contribution in [0.1, 0.15) is 66.2 Å². The Morgan fingerprint density at radius 2 is 1.79 bits per heavy atom. The van der Waals surface area contributed by atoms with Crippen LogP contribution >= 0.6 is 11.8 Å². The first kappa shape index (κ1) is 29.1. The molecule has 7 heteroatoms. The van der Waals surface area contributed by atoms with Crippen molar-refractivity contribution < 1.29 is 24.8 Å². The summed E-state index contributed by atoms with van der Waals surface area (Å²) in [5.41, 5.74) is -0.371. The van der Waals surface area contributed by atoms with Crippen molar-refractivity contribution in [3.8, 4) is 0 Å². The molecule has 1 amide bonds. The summed E-state index contributed by atoms with van der Waals surface area (Å²) in [4.78, 5) is 20.3. The van der Waals surface area contributed by atoms with Crippen molar-refractivity contribution >= 4 is 23.4 Å². The van der Waals surface area contributed by atoms with Gasteiger partial charge in [-0.05, 0) is 106 Å². The predicted octanol–water partition coefficient (Wildman–Crippen LogP) is 7.03. The summed E-state index contributed by atoms with van der Waals surface area (Å²) >= 11 is 1.67. The smallest absolute Gasteiger partial charge is 0.224 e. The maximum atomic E-state index is 12.7. The van der Waals surface area contributed by atoms with E-state index in [1.807, 2.05) is 49.4 Å². The van der Waals surface area contributed by atoms with Crippen molar-refractivity contribution in [1.29, 1.82) is 0 Å². The van der Waals surface area contributed by atoms with Gasteiger partial charge in [-0.1, -0.05) is 43.8 Å². The molecule has 6 unspecified atom stereocenters. The number of ether oxygens (including phenoxy) is 1. The molecule has 0 aromatic heterocycles. The molecular weight excluding hydrogens is 498 g/mol. The summed E-state index contributed by atoms with van der Waals surface area (Å²) in [5, 5.41) is 24.3. The van der Waals surface area contributed by atoms with Crippen LogP contribution in [0.2, 0.25) is 0 Å². The zero-order chi connectivity index (χ0) is 27.3. The Morgan fingerprint density at radius 1 is 1.11 bits per heavy atom. The maximum absolute atomic E-state index is 12.7. The van der Waals surface area contributed by atoms with Gasteiger partial charge in [0, 0.05) is 21.9 Å². The Morgan fingerprint density at radius 3 is 2.47 bits per heavy atom. The Labute approximate surface area is 231 Å². The number of anilines is 1. The molecule has 1 saturated carbocycles. The zero-order valence-electron chi connectivity index (χ0n) is 23.1. The number of aliphatic hydroxyl groups is 1. The Kier molecular flexibility index (Phi) is 9.58. The number of hydrogen-bond acceptors (Lipinski definition) is 6. The third-order valence-electron chi connectivity index (χ3n) is 8.82. The van der Waals surface area contributed by atoms with Crippen LogP contribution in [-0.2, 0) is 14.4 Å². The van der Waals surface area contributed by atoms with Crippen molar-refractivity contribution in [2.45, 2.75) is 93.3 Å². The van der Waals surface area contributed by atoms with Gasteiger partial charge >= 0.3 is 0 Å². The topological polar surface area (TPSA) is 88.0 Å². The number of benzene rings is 2. The Bertz CT molecular complexity index is 1050. The van der Waals surface area contributed by atoms with Crippen LogP contribution in [0, 0.1) is 23.7 Å². The van der Waals surface area contributed by atoms with E-state index in [4.69, 9.17) is 9.62 Å². The largest absolute Gasteiger partial charge is 0.393 e. The highest BCUT2D eigenvalue weighted by atomic mass is 32.2. The van der Waals surface area contributed by atoms with E-state index in [0.29, 0.717) is 18.9 Å². The first-order chi connectivity index (χ1) is 18.1. The molecule has 2 aliphatic rings. The number of hydrogen-bond donors (Lipinski definition) is 3. The molecule has 4 rings (SSSR count). The minimum Gasteiger partial charge on any atom is -0.393 e. The average Bonchev–Trinajstić information content (AvgIpc) is 3.05. The molecular formula is C31H43NO5S. The molecule has 6 nitrogen and oxygen atoms in total. The highest BCUT2D eigenvalue weighted by Gasteiger charge is 2.56. The summed E-state index contributed by atoms with van der Waals surface area (Å²) in [6, 6.07) is 18.0. The van der Waals surface area contributed by atoms with Gasteiger partial charge < -0.3 is 15.2 Å². The molecule has 38 heavy (non-hydrogen) atoms. The van der Waals surface area contributed by atoms with Crippen LogP contribution in [0.5, 0.6) is 0 Å². The Balaban J connectivity index is 1.33. The average molecular weight is 542 g/mol. The second-order valence-electron chi connectivity index (χ2n) is 11.9. The number of rotatable bonds is 9. The van der Waals surface area contributed by atoms with E-state index < -0.39 is 11.7 Å². The first-order valence-electron chi connectivity index (χ1n) is 13.9. The van der Waals surface area contributed by atoms with E-state index in [2.05, 4.69) is 38.2 Å². The van der Waals surface area contributed by atoms with Gasteiger partial charge in [0.05, 0.1) is 18.3 Å². The fourth-order valence-corrected chi connectivity index (χ4v) is 7.24. The molecule has 6 atom stereocenters. The summed E-state index contributed by atoms with van der Waals surface area (Å²) in [6.45, 7) is 8.72. The minimum atomic E-state index is -0.840. The molecule has 2 aromatic rings. The molecule has 0 radical (unpaired) electrons. The lowest BCUT2D eigenvalue weighted by molar-refractivity contribution is -0.378. The van der Waals surface area contributed by atoms with Crippen molar-refractivity contribution in [2.75, 3.05) is 11.9 Å². The molecule has 2 fully saturated rings. The van der Waals surface area contributed by atoms with E-state index in [1.54, 1.807) is 11.8 Å². The van der Waals surface area contributed by atoms with Crippen LogP contribution in [0.4, 0.5) is 5.69 Å². The lowest BCUT2D eigenvalue weighted by atomic mass is 9.59. The molecule has 1 aliphatic carbocycles. The fraction of sp³-hybridized carbons (Fsp3) is 0.581. The maximum Gasteiger partial charge on any atom is 0.224 e. The molecule has 0 bridgehead atoms. The molecule has 1 heterocycles. The van der Waals surface area contributed by atoms with Crippen LogP contribution in [0.25, 0.3) is 0 Å². The predicted molar refractivity (Wildman–Crippen MR) is 151 cm³/mol. The van der Waals surface area contributed by atoms with Gasteiger partial charge in [-0.2, -0.15) is 0 Å². The van der Waals surface area contributed by atoms with Crippen LogP contribution in [0.3, 0.4) is 0 Å². The molecule has 208 valence electrons. The van der Waals surface area contributed by atoms with Crippen molar-refractivity contribution in [3.63, 3.8) is 0 Å². The van der Waals surface area contributed by atoms with Crippen LogP contribution in [-0.4, -0.2) is 40.2 Å². The molecule has 2 aromatic carbocycles. The summed E-state index contributed by atoms with van der Waals surface area (Å²) in [5.74, 6) is 0.236. The summed E-state index contributed by atoms with van der Waals surface area (Å²) in [7, 11) is 0. The van der Waals surface area contributed by atoms with Crippen LogP contribution < -0.4 is 5.32 Å². The van der Waals surface area contributed by atoms with Gasteiger partial charge in [0.15, 0.2) is 0 Å². The second kappa shape index (κ2) is 12.5. The lowest BCUT2D eigenvalue weighted by Crippen LogP contribution is -2.58. The van der Waals surface area contributed by atoms with Crippen molar-refractivity contribution in [3.05, 3.63) is 54.6 Å². The highest BCUT2D eigenvalue weighted by molar-refractivity contribution is 7.99. The fourth-order valence-electron chi connectivity index (χ4n) is 6.40. The van der Waals surface area contributed by atoms with Crippen LogP contribution in [0.15, 0.2) is 64.4 Å². The monoisotopic (exact) mass is 541 g/mol. The number of aliphatic hydroxyl groups excluding tert-OH is 1. The van der Waals surface area contributed by atoms with E-state index in [1.165, 1.54) is 4.90 Å². The first-order valence-corrected chi connectivity index (χ1v) is 14.7. The lowest BCUT2D eigenvalue weighted by Gasteiger charge is -2.51. The normalized spacial score (nSPS) is 28.5. The third kappa shape index (κ3) is 6.80. The van der Waals surface area contributed by atoms with E-state index >= 15 is 0 Å². The highest BCUT2D eigenvalue weighted by Crippen LogP contribution is 2.52. The minimum absolute atomic E-state index is 0.0599. The number of amides is 1. The quantitative estimate of drug-likeness (QED) is 0.233. The molecule has 1 aliphatic heterocycles. The third-order valence-corrected chi connectivity index (χ3v) is 9.83. The SMILES string of the molecule is CC1CCC(C(C)C(O)CCC(=O)Nc2ccc(Sc3ccccc3)cc2)C2(OO)COC(C)(C)CCC12. The zero-order valence-corrected chi connectivity index (χ0v) is 23.9. The van der Waals surface area contributed by atoms with Gasteiger partial charge in [-0.15, -0.1) is 0 Å². The number of carbonyl (C=O) groups is 1. The van der Waals surface area contributed by atoms with Crippen molar-refractivity contribution in [1.82, 2.24) is 0 Å². The van der Waals surface area contributed by atoms with E-state index in [-0.39, 0.29) is 35.7 Å². The second-order valence-corrected chi connectivity index (χ2v) is 13.0. The molecule has 0 spiro atoms. The summed E-state index contributed by atoms with van der Waals surface area (Å²) in [6.07, 6.45) is 3.57. The van der Waals surface area contributed by atoms with Gasteiger partial charge in [0.2, 0.25) is 5.91 Å². The number of carbonyl (C=O) groups excluding carboxylic acids is 1. The molecule has 3 N–H and O–H groups in total. The van der Waals surface area contributed by atoms with Gasteiger partial charge in [0.25, 0.3) is 0 Å². The van der Waals surface area contributed by atoms with Gasteiger partial charge in [-0.25, -0.2) is 4.89 Å². The standard InChI is InChI=1S/C31H43NO5S/c1-21-10-15-27(31(37-35)20-36-30(3,4)19-18-26(21)31)22(2)28(33)16-17-29(34)32-23-11-13-25(14-12-23)38-24-8-6-5-7-9-24/h5-9,11-14,21-22,26-28,33,35H,10,15-20H2,1-4H3,(H,32,34). The number of fused-ring (bicyclic) bond motifs is 1.